The molecule has 1 aromatic heterocycles. The number of methoxy groups -OCH3 is 1. The summed E-state index contributed by atoms with van der Waals surface area (Å²) in [5.74, 6) is 0.837. The molecule has 0 saturated heterocycles. The first-order valence-corrected chi connectivity index (χ1v) is 7.68. The zero-order chi connectivity index (χ0) is 15.3. The molecule has 1 heterocycles. The number of rotatable bonds is 9. The van der Waals surface area contributed by atoms with Gasteiger partial charge in [-0.05, 0) is 37.3 Å². The minimum Gasteiger partial charge on any atom is -0.385 e. The van der Waals surface area contributed by atoms with E-state index in [4.69, 9.17) is 16.3 Å². The van der Waals surface area contributed by atoms with Crippen LogP contribution in [-0.2, 0) is 11.2 Å². The number of hydrogen-bond acceptors (Lipinski definition) is 3. The molecule has 0 radical (unpaired) electrons. The summed E-state index contributed by atoms with van der Waals surface area (Å²) in [5.41, 5.74) is 1.15. The average molecular weight is 313 g/mol. The van der Waals surface area contributed by atoms with Gasteiger partial charge in [-0.2, -0.15) is 0 Å². The molecule has 0 unspecified atom stereocenters. The predicted octanol–water partition coefficient (Wildman–Crippen LogP) is 2.26. The molecular weight excluding hydrogens is 288 g/mol. The van der Waals surface area contributed by atoms with Crippen molar-refractivity contribution >= 4 is 17.6 Å². The van der Waals surface area contributed by atoms with E-state index in [2.05, 4.69) is 20.6 Å². The van der Waals surface area contributed by atoms with Gasteiger partial charge in [0.15, 0.2) is 5.96 Å². The van der Waals surface area contributed by atoms with Crippen molar-refractivity contribution in [3.63, 3.8) is 0 Å². The molecule has 0 aromatic carbocycles. The van der Waals surface area contributed by atoms with E-state index in [0.29, 0.717) is 5.15 Å². The smallest absolute Gasteiger partial charge is 0.190 e. The number of hydrogen-bond donors (Lipinski definition) is 2. The van der Waals surface area contributed by atoms with Gasteiger partial charge in [-0.1, -0.05) is 17.7 Å². The van der Waals surface area contributed by atoms with E-state index in [1.54, 1.807) is 20.4 Å². The van der Waals surface area contributed by atoms with Gasteiger partial charge < -0.3 is 15.4 Å². The van der Waals surface area contributed by atoms with E-state index < -0.39 is 0 Å². The highest BCUT2D eigenvalue weighted by molar-refractivity contribution is 6.29. The van der Waals surface area contributed by atoms with Gasteiger partial charge in [0.25, 0.3) is 0 Å². The van der Waals surface area contributed by atoms with Crippen molar-refractivity contribution in [2.75, 3.05) is 33.9 Å². The fraction of sp³-hybridized carbons (Fsp3) is 0.600. The van der Waals surface area contributed by atoms with E-state index >= 15 is 0 Å². The van der Waals surface area contributed by atoms with Gasteiger partial charge in [-0.25, -0.2) is 4.98 Å². The van der Waals surface area contributed by atoms with Crippen molar-refractivity contribution in [1.82, 2.24) is 15.6 Å². The second-order valence-electron chi connectivity index (χ2n) is 4.72. The minimum absolute atomic E-state index is 0.526. The molecule has 1 rings (SSSR count). The molecule has 1 aromatic rings. The Morgan fingerprint density at radius 1 is 1.24 bits per heavy atom. The van der Waals surface area contributed by atoms with Crippen LogP contribution < -0.4 is 10.6 Å². The van der Waals surface area contributed by atoms with Crippen molar-refractivity contribution in [3.8, 4) is 0 Å². The van der Waals surface area contributed by atoms with Gasteiger partial charge in [0, 0.05) is 40.1 Å². The maximum absolute atomic E-state index is 5.76. The fourth-order valence-electron chi connectivity index (χ4n) is 1.86. The third kappa shape index (κ3) is 8.52. The number of guanidine groups is 1. The molecule has 118 valence electrons. The van der Waals surface area contributed by atoms with Crippen molar-refractivity contribution in [3.05, 3.63) is 29.0 Å². The van der Waals surface area contributed by atoms with Crippen LogP contribution in [0.15, 0.2) is 23.3 Å². The summed E-state index contributed by atoms with van der Waals surface area (Å²) in [5, 5.41) is 7.12. The van der Waals surface area contributed by atoms with Crippen LogP contribution >= 0.6 is 11.6 Å². The van der Waals surface area contributed by atoms with Gasteiger partial charge in [-0.3, -0.25) is 4.99 Å². The van der Waals surface area contributed by atoms with Gasteiger partial charge >= 0.3 is 0 Å². The molecule has 0 saturated carbocycles. The molecular formula is C15H25ClN4O. The molecule has 0 spiro atoms. The Hall–Kier alpha value is -1.33. The van der Waals surface area contributed by atoms with Crippen LogP contribution in [-0.4, -0.2) is 44.8 Å². The Morgan fingerprint density at radius 3 is 2.71 bits per heavy atom. The lowest BCUT2D eigenvalue weighted by Gasteiger charge is -2.11. The predicted molar refractivity (Wildman–Crippen MR) is 88.0 cm³/mol. The summed E-state index contributed by atoms with van der Waals surface area (Å²) in [7, 11) is 3.52. The van der Waals surface area contributed by atoms with Crippen molar-refractivity contribution in [2.24, 2.45) is 4.99 Å². The Labute approximate surface area is 132 Å². The first kappa shape index (κ1) is 17.7. The number of aromatic nitrogens is 1. The number of ether oxygens (including phenoxy) is 1. The fourth-order valence-corrected chi connectivity index (χ4v) is 1.97. The Balaban J connectivity index is 2.12. The van der Waals surface area contributed by atoms with E-state index in [0.717, 1.165) is 56.9 Å². The molecule has 6 heteroatoms. The van der Waals surface area contributed by atoms with E-state index in [1.165, 1.54) is 0 Å². The SMILES string of the molecule is CN=C(NCCCCCOC)NCCc1ccc(Cl)nc1. The monoisotopic (exact) mass is 312 g/mol. The number of nitrogens with one attached hydrogen (secondary N) is 2. The topological polar surface area (TPSA) is 58.5 Å². The summed E-state index contributed by atoms with van der Waals surface area (Å²) in [6.07, 6.45) is 6.07. The molecule has 0 atom stereocenters. The highest BCUT2D eigenvalue weighted by Crippen LogP contribution is 2.05. The number of aliphatic imine (C=N–C) groups is 1. The van der Waals surface area contributed by atoms with Crippen LogP contribution in [0.5, 0.6) is 0 Å². The second kappa shape index (κ2) is 11.3. The highest BCUT2D eigenvalue weighted by Gasteiger charge is 1.98. The molecule has 0 bridgehead atoms. The molecule has 5 nitrogen and oxygen atoms in total. The molecule has 2 N–H and O–H groups in total. The van der Waals surface area contributed by atoms with E-state index in [-0.39, 0.29) is 0 Å². The number of halogens is 1. The van der Waals surface area contributed by atoms with Crippen molar-refractivity contribution in [1.29, 1.82) is 0 Å². The molecule has 0 aliphatic carbocycles. The van der Waals surface area contributed by atoms with Crippen LogP contribution in [0.3, 0.4) is 0 Å². The van der Waals surface area contributed by atoms with E-state index in [1.807, 2.05) is 12.1 Å². The summed E-state index contributed by atoms with van der Waals surface area (Å²) >= 11 is 5.76. The van der Waals surface area contributed by atoms with Gasteiger partial charge in [-0.15, -0.1) is 0 Å². The van der Waals surface area contributed by atoms with Crippen LogP contribution in [0.25, 0.3) is 0 Å². The summed E-state index contributed by atoms with van der Waals surface area (Å²) in [6.45, 7) is 2.57. The first-order valence-electron chi connectivity index (χ1n) is 7.30. The van der Waals surface area contributed by atoms with Crippen LogP contribution in [0.2, 0.25) is 5.15 Å². The second-order valence-corrected chi connectivity index (χ2v) is 5.11. The highest BCUT2D eigenvalue weighted by atomic mass is 35.5. The summed E-state index contributed by atoms with van der Waals surface area (Å²) in [4.78, 5) is 8.26. The Bertz CT molecular complexity index is 409. The zero-order valence-corrected chi connectivity index (χ0v) is 13.6. The standard InChI is InChI=1S/C15H25ClN4O/c1-17-15(18-9-4-3-5-11-21-2)19-10-8-13-6-7-14(16)20-12-13/h6-7,12H,3-5,8-11H2,1-2H3,(H2,17,18,19). The third-order valence-corrected chi connectivity index (χ3v) is 3.26. The normalized spacial score (nSPS) is 11.5. The Kier molecular flexibility index (Phi) is 9.57. The lowest BCUT2D eigenvalue weighted by Crippen LogP contribution is -2.38. The average Bonchev–Trinajstić information content (AvgIpc) is 2.50. The number of pyridine rings is 1. The van der Waals surface area contributed by atoms with Crippen molar-refractivity contribution in [2.45, 2.75) is 25.7 Å². The van der Waals surface area contributed by atoms with Crippen LogP contribution in [0.4, 0.5) is 0 Å². The summed E-state index contributed by atoms with van der Waals surface area (Å²) in [6, 6.07) is 3.80. The first-order chi connectivity index (χ1) is 10.3. The van der Waals surface area contributed by atoms with E-state index in [9.17, 15) is 0 Å². The van der Waals surface area contributed by atoms with Crippen LogP contribution in [0, 0.1) is 0 Å². The molecule has 0 aliphatic heterocycles. The largest absolute Gasteiger partial charge is 0.385 e. The lowest BCUT2D eigenvalue weighted by atomic mass is 10.2. The molecule has 0 amide bonds. The Morgan fingerprint density at radius 2 is 2.05 bits per heavy atom. The minimum atomic E-state index is 0.526. The molecule has 0 aliphatic rings. The number of nitrogens with zero attached hydrogens (tertiary/aromatic N) is 2. The lowest BCUT2D eigenvalue weighted by molar-refractivity contribution is 0.192. The summed E-state index contributed by atoms with van der Waals surface area (Å²) < 4.78 is 5.02. The molecule has 21 heavy (non-hydrogen) atoms. The van der Waals surface area contributed by atoms with Gasteiger partial charge in [0.05, 0.1) is 0 Å². The van der Waals surface area contributed by atoms with Gasteiger partial charge in [0.1, 0.15) is 5.15 Å². The van der Waals surface area contributed by atoms with Crippen LogP contribution in [0.1, 0.15) is 24.8 Å². The van der Waals surface area contributed by atoms with Gasteiger partial charge in [0.2, 0.25) is 0 Å². The number of unbranched alkanes of at least 4 members (excludes halogenated alkanes) is 2. The quantitative estimate of drug-likeness (QED) is 0.318. The molecule has 0 fully saturated rings. The third-order valence-electron chi connectivity index (χ3n) is 3.04. The maximum Gasteiger partial charge on any atom is 0.190 e. The maximum atomic E-state index is 5.76. The van der Waals surface area contributed by atoms with Crippen molar-refractivity contribution < 1.29 is 4.74 Å². The zero-order valence-electron chi connectivity index (χ0n) is 12.9.